The summed E-state index contributed by atoms with van der Waals surface area (Å²) in [6, 6.07) is 7.85. The Morgan fingerprint density at radius 1 is 1.28 bits per heavy atom. The Hall–Kier alpha value is -1.07. The third kappa shape index (κ3) is 2.67. The maximum atomic E-state index is 11.1. The highest BCUT2D eigenvalue weighted by molar-refractivity contribution is 9.10. The summed E-state index contributed by atoms with van der Waals surface area (Å²) in [5, 5.41) is 19.1. The molecule has 4 nitrogen and oxygen atoms in total. The van der Waals surface area contributed by atoms with Crippen LogP contribution in [0, 0.1) is 0 Å². The van der Waals surface area contributed by atoms with Gasteiger partial charge in [-0.2, -0.15) is 0 Å². The number of benzene rings is 1. The first-order chi connectivity index (χ1) is 8.53. The second-order valence-electron chi connectivity index (χ2n) is 4.63. The molecule has 0 amide bonds. The van der Waals surface area contributed by atoms with Gasteiger partial charge >= 0.3 is 5.97 Å². The highest BCUT2D eigenvalue weighted by Crippen LogP contribution is 2.30. The molecule has 1 aliphatic heterocycles. The van der Waals surface area contributed by atoms with Crippen molar-refractivity contribution in [2.45, 2.75) is 24.9 Å². The Balaban J connectivity index is 2.15. The largest absolute Gasteiger partial charge is 0.479 e. The van der Waals surface area contributed by atoms with Gasteiger partial charge < -0.3 is 15.1 Å². The van der Waals surface area contributed by atoms with Gasteiger partial charge in [-0.25, -0.2) is 4.79 Å². The van der Waals surface area contributed by atoms with Gasteiger partial charge in [0.05, 0.1) is 5.69 Å². The number of aliphatic hydroxyl groups is 1. The molecule has 1 aromatic rings. The van der Waals surface area contributed by atoms with Crippen LogP contribution in [0.4, 0.5) is 5.69 Å². The molecule has 5 heteroatoms. The molecule has 0 aromatic heterocycles. The Morgan fingerprint density at radius 2 is 2.00 bits per heavy atom. The molecule has 0 bridgehead atoms. The van der Waals surface area contributed by atoms with E-state index in [0.717, 1.165) is 16.7 Å². The van der Waals surface area contributed by atoms with Crippen LogP contribution < -0.4 is 4.90 Å². The van der Waals surface area contributed by atoms with Crippen LogP contribution in [-0.4, -0.2) is 34.9 Å². The fraction of sp³-hybridized carbons (Fsp3) is 0.462. The highest BCUT2D eigenvalue weighted by Gasteiger charge is 2.37. The van der Waals surface area contributed by atoms with Crippen LogP contribution in [0.25, 0.3) is 0 Å². The summed E-state index contributed by atoms with van der Waals surface area (Å²) in [5.41, 5.74) is -0.525. The summed E-state index contributed by atoms with van der Waals surface area (Å²) in [4.78, 5) is 13.2. The van der Waals surface area contributed by atoms with Crippen LogP contribution in [0.2, 0.25) is 0 Å². The molecule has 2 rings (SSSR count). The Kier molecular flexibility index (Phi) is 3.92. The van der Waals surface area contributed by atoms with E-state index in [2.05, 4.69) is 20.8 Å². The van der Waals surface area contributed by atoms with Crippen LogP contribution in [-0.2, 0) is 4.79 Å². The molecule has 1 aliphatic rings. The van der Waals surface area contributed by atoms with Crippen molar-refractivity contribution in [1.82, 2.24) is 0 Å². The van der Waals surface area contributed by atoms with Gasteiger partial charge in [0.25, 0.3) is 0 Å². The number of carboxylic acids is 1. The SMILES string of the molecule is O=C(O)C1(O)CCCN(c2ccccc2Br)CC1. The van der Waals surface area contributed by atoms with E-state index in [1.165, 1.54) is 0 Å². The van der Waals surface area contributed by atoms with E-state index in [4.69, 9.17) is 5.11 Å². The summed E-state index contributed by atoms with van der Waals surface area (Å²) in [7, 11) is 0. The number of hydrogen-bond acceptors (Lipinski definition) is 3. The van der Waals surface area contributed by atoms with Crippen molar-refractivity contribution in [2.75, 3.05) is 18.0 Å². The predicted molar refractivity (Wildman–Crippen MR) is 72.8 cm³/mol. The summed E-state index contributed by atoms with van der Waals surface area (Å²) < 4.78 is 0.991. The minimum Gasteiger partial charge on any atom is -0.479 e. The lowest BCUT2D eigenvalue weighted by Gasteiger charge is -2.25. The molecule has 1 heterocycles. The minimum atomic E-state index is -1.57. The lowest BCUT2D eigenvalue weighted by molar-refractivity contribution is -0.159. The van der Waals surface area contributed by atoms with Gasteiger partial charge in [-0.05, 0) is 40.9 Å². The van der Waals surface area contributed by atoms with E-state index < -0.39 is 11.6 Å². The maximum absolute atomic E-state index is 11.1. The van der Waals surface area contributed by atoms with Gasteiger partial charge in [-0.3, -0.25) is 0 Å². The van der Waals surface area contributed by atoms with Crippen LogP contribution in [0.3, 0.4) is 0 Å². The first-order valence-corrected chi connectivity index (χ1v) is 6.77. The van der Waals surface area contributed by atoms with Gasteiger partial charge in [-0.15, -0.1) is 0 Å². The van der Waals surface area contributed by atoms with Gasteiger partial charge in [0.1, 0.15) is 0 Å². The number of nitrogens with zero attached hydrogens (tertiary/aromatic N) is 1. The average Bonchev–Trinajstić information content (AvgIpc) is 2.53. The number of carboxylic acid groups (broad SMARTS) is 1. The molecule has 18 heavy (non-hydrogen) atoms. The topological polar surface area (TPSA) is 60.8 Å². The van der Waals surface area contributed by atoms with Crippen LogP contribution in [0.1, 0.15) is 19.3 Å². The lowest BCUT2D eigenvalue weighted by atomic mass is 9.95. The molecule has 0 radical (unpaired) electrons. The van der Waals surface area contributed by atoms with Crippen molar-refractivity contribution in [3.8, 4) is 0 Å². The number of aliphatic carboxylic acids is 1. The summed E-state index contributed by atoms with van der Waals surface area (Å²) in [6.45, 7) is 1.31. The second-order valence-corrected chi connectivity index (χ2v) is 5.48. The average molecular weight is 314 g/mol. The van der Waals surface area contributed by atoms with Gasteiger partial charge in [-0.1, -0.05) is 12.1 Å². The van der Waals surface area contributed by atoms with Crippen LogP contribution in [0.5, 0.6) is 0 Å². The predicted octanol–water partition coefficient (Wildman–Crippen LogP) is 2.26. The first-order valence-electron chi connectivity index (χ1n) is 5.98. The molecular formula is C13H16BrNO3. The van der Waals surface area contributed by atoms with Crippen molar-refractivity contribution in [1.29, 1.82) is 0 Å². The van der Waals surface area contributed by atoms with E-state index in [0.29, 0.717) is 19.4 Å². The normalized spacial score (nSPS) is 24.7. The zero-order valence-corrected chi connectivity index (χ0v) is 11.6. The Morgan fingerprint density at radius 3 is 2.67 bits per heavy atom. The van der Waals surface area contributed by atoms with E-state index in [1.807, 2.05) is 24.3 Å². The monoisotopic (exact) mass is 313 g/mol. The molecule has 1 aromatic carbocycles. The summed E-state index contributed by atoms with van der Waals surface area (Å²) in [6.07, 6.45) is 1.23. The summed E-state index contributed by atoms with van der Waals surface area (Å²) in [5.74, 6) is -1.11. The smallest absolute Gasteiger partial charge is 0.335 e. The van der Waals surface area contributed by atoms with Crippen molar-refractivity contribution in [3.63, 3.8) is 0 Å². The van der Waals surface area contributed by atoms with Crippen molar-refractivity contribution in [2.24, 2.45) is 0 Å². The fourth-order valence-corrected chi connectivity index (χ4v) is 2.82. The molecule has 98 valence electrons. The maximum Gasteiger partial charge on any atom is 0.335 e. The van der Waals surface area contributed by atoms with Crippen molar-refractivity contribution >= 4 is 27.6 Å². The molecule has 0 aliphatic carbocycles. The third-order valence-electron chi connectivity index (χ3n) is 3.40. The van der Waals surface area contributed by atoms with Crippen LogP contribution in [0.15, 0.2) is 28.7 Å². The summed E-state index contributed by atoms with van der Waals surface area (Å²) >= 11 is 3.49. The number of carbonyl (C=O) groups is 1. The second kappa shape index (κ2) is 5.28. The van der Waals surface area contributed by atoms with Crippen molar-refractivity contribution in [3.05, 3.63) is 28.7 Å². The molecule has 1 unspecified atom stereocenters. The highest BCUT2D eigenvalue weighted by atomic mass is 79.9. The molecule has 0 saturated carbocycles. The molecule has 1 fully saturated rings. The molecule has 2 N–H and O–H groups in total. The minimum absolute atomic E-state index is 0.254. The van der Waals surface area contributed by atoms with Gasteiger partial charge in [0, 0.05) is 24.0 Å². The van der Waals surface area contributed by atoms with Crippen molar-refractivity contribution < 1.29 is 15.0 Å². The molecule has 1 saturated heterocycles. The zero-order chi connectivity index (χ0) is 13.2. The quantitative estimate of drug-likeness (QED) is 0.879. The number of para-hydroxylation sites is 1. The van der Waals surface area contributed by atoms with E-state index in [9.17, 15) is 9.90 Å². The fourth-order valence-electron chi connectivity index (χ4n) is 2.28. The van der Waals surface area contributed by atoms with Crippen LogP contribution >= 0.6 is 15.9 Å². The molecule has 1 atom stereocenters. The van der Waals surface area contributed by atoms with E-state index in [-0.39, 0.29) is 6.42 Å². The number of rotatable bonds is 2. The number of anilines is 1. The third-order valence-corrected chi connectivity index (χ3v) is 4.08. The number of halogens is 1. The molecule has 0 spiro atoms. The zero-order valence-electron chi connectivity index (χ0n) is 9.97. The first kappa shape index (κ1) is 13.4. The lowest BCUT2D eigenvalue weighted by Crippen LogP contribution is -2.39. The van der Waals surface area contributed by atoms with Gasteiger partial charge in [0.15, 0.2) is 5.60 Å². The Bertz CT molecular complexity index is 452. The molecular weight excluding hydrogens is 298 g/mol. The standard InChI is InChI=1S/C13H16BrNO3/c14-10-4-1-2-5-11(10)15-8-3-6-13(18,7-9-15)12(16)17/h1-2,4-5,18H,3,6-9H2,(H,16,17). The number of hydrogen-bond donors (Lipinski definition) is 2. The van der Waals surface area contributed by atoms with E-state index >= 15 is 0 Å². The van der Waals surface area contributed by atoms with E-state index in [1.54, 1.807) is 0 Å². The Labute approximate surface area is 114 Å². The van der Waals surface area contributed by atoms with Gasteiger partial charge in [0.2, 0.25) is 0 Å².